The van der Waals surface area contributed by atoms with Gasteiger partial charge in [-0.1, -0.05) is 35.9 Å². The van der Waals surface area contributed by atoms with Crippen LogP contribution in [0.1, 0.15) is 22.7 Å². The fourth-order valence-corrected chi connectivity index (χ4v) is 3.90. The second kappa shape index (κ2) is 14.3. The molecule has 1 atom stereocenters. The minimum atomic E-state index is 0. The average Bonchev–Trinajstić information content (AvgIpc) is 2.84. The summed E-state index contributed by atoms with van der Waals surface area (Å²) in [5.74, 6) is 2.28. The lowest BCUT2D eigenvalue weighted by Gasteiger charge is -2.35. The number of halogens is 1. The summed E-state index contributed by atoms with van der Waals surface area (Å²) < 4.78 is 16.5. The number of nitrogens with one attached hydrogen (secondary N) is 2. The molecule has 0 saturated carbocycles. The quantitative estimate of drug-likeness (QED) is 0.275. The highest BCUT2D eigenvalue weighted by Gasteiger charge is 2.24. The highest BCUT2D eigenvalue weighted by Crippen LogP contribution is 2.32. The van der Waals surface area contributed by atoms with Gasteiger partial charge in [0.15, 0.2) is 17.5 Å². The van der Waals surface area contributed by atoms with Crippen molar-refractivity contribution in [1.82, 2.24) is 15.5 Å². The maximum Gasteiger partial charge on any atom is 0.191 e. The molecule has 0 bridgehead atoms. The summed E-state index contributed by atoms with van der Waals surface area (Å²) in [4.78, 5) is 6.85. The molecule has 2 aromatic carbocycles. The Morgan fingerprint density at radius 3 is 2.36 bits per heavy atom. The molecule has 1 aliphatic rings. The van der Waals surface area contributed by atoms with E-state index in [4.69, 9.17) is 14.2 Å². The summed E-state index contributed by atoms with van der Waals surface area (Å²) in [6, 6.07) is 15.0. The molecular formula is C25H37IN4O3. The largest absolute Gasteiger partial charge is 0.493 e. The first-order valence-corrected chi connectivity index (χ1v) is 11.2. The van der Waals surface area contributed by atoms with Crippen LogP contribution in [-0.4, -0.2) is 71.5 Å². The Labute approximate surface area is 214 Å². The van der Waals surface area contributed by atoms with Crippen LogP contribution in [0.15, 0.2) is 47.5 Å². The fourth-order valence-electron chi connectivity index (χ4n) is 3.90. The molecule has 3 rings (SSSR count). The van der Waals surface area contributed by atoms with E-state index in [0.717, 1.165) is 63.3 Å². The van der Waals surface area contributed by atoms with E-state index in [2.05, 4.69) is 63.8 Å². The number of methoxy groups -OCH3 is 2. The Hall–Kier alpha value is -2.04. The molecule has 0 aromatic heterocycles. The fraction of sp³-hybridized carbons (Fsp3) is 0.480. The highest BCUT2D eigenvalue weighted by molar-refractivity contribution is 14.0. The van der Waals surface area contributed by atoms with Crippen LogP contribution in [-0.2, 0) is 11.2 Å². The Balaban J connectivity index is 0.00000385. The molecule has 8 heteroatoms. The molecule has 1 unspecified atom stereocenters. The van der Waals surface area contributed by atoms with Gasteiger partial charge in [-0.3, -0.25) is 9.89 Å². The standard InChI is InChI=1S/C25H36N4O3.HI/c1-19-5-7-20(8-6-19)11-12-27-25(26-2)28-18-22(29-13-15-32-16-14-29)21-9-10-23(30-3)24(17-21)31-4;/h5-10,17,22H,11-16,18H2,1-4H3,(H2,26,27,28);1H. The third-order valence-electron chi connectivity index (χ3n) is 5.79. The van der Waals surface area contributed by atoms with Crippen molar-refractivity contribution in [3.05, 3.63) is 59.2 Å². The summed E-state index contributed by atoms with van der Waals surface area (Å²) >= 11 is 0. The maximum absolute atomic E-state index is 5.57. The molecule has 7 nitrogen and oxygen atoms in total. The van der Waals surface area contributed by atoms with E-state index in [1.165, 1.54) is 16.7 Å². The predicted octanol–water partition coefficient (Wildman–Crippen LogP) is 3.41. The van der Waals surface area contributed by atoms with Gasteiger partial charge in [0.2, 0.25) is 0 Å². The van der Waals surface area contributed by atoms with Crippen molar-refractivity contribution in [2.24, 2.45) is 4.99 Å². The second-order valence-corrected chi connectivity index (χ2v) is 7.89. The molecule has 33 heavy (non-hydrogen) atoms. The lowest BCUT2D eigenvalue weighted by atomic mass is 10.0. The van der Waals surface area contributed by atoms with Gasteiger partial charge in [-0.25, -0.2) is 0 Å². The summed E-state index contributed by atoms with van der Waals surface area (Å²) in [5.41, 5.74) is 3.77. The van der Waals surface area contributed by atoms with Gasteiger partial charge in [-0.2, -0.15) is 0 Å². The summed E-state index contributed by atoms with van der Waals surface area (Å²) in [6.07, 6.45) is 0.948. The van der Waals surface area contributed by atoms with Gasteiger partial charge in [-0.05, 0) is 36.6 Å². The number of morpholine rings is 1. The Morgan fingerprint density at radius 2 is 1.73 bits per heavy atom. The van der Waals surface area contributed by atoms with Crippen molar-refractivity contribution in [2.45, 2.75) is 19.4 Å². The Morgan fingerprint density at radius 1 is 1.03 bits per heavy atom. The second-order valence-electron chi connectivity index (χ2n) is 7.89. The van der Waals surface area contributed by atoms with E-state index < -0.39 is 0 Å². The molecular weight excluding hydrogens is 531 g/mol. The van der Waals surface area contributed by atoms with Crippen molar-refractivity contribution in [1.29, 1.82) is 0 Å². The van der Waals surface area contributed by atoms with Crippen LogP contribution in [0.5, 0.6) is 11.5 Å². The minimum Gasteiger partial charge on any atom is -0.493 e. The highest BCUT2D eigenvalue weighted by atomic mass is 127. The van der Waals surface area contributed by atoms with Gasteiger partial charge in [0, 0.05) is 33.2 Å². The predicted molar refractivity (Wildman–Crippen MR) is 144 cm³/mol. The lowest BCUT2D eigenvalue weighted by molar-refractivity contribution is 0.0169. The summed E-state index contributed by atoms with van der Waals surface area (Å²) in [7, 11) is 5.13. The number of benzene rings is 2. The van der Waals surface area contributed by atoms with Crippen LogP contribution in [0, 0.1) is 6.92 Å². The van der Waals surface area contributed by atoms with Crippen LogP contribution >= 0.6 is 24.0 Å². The van der Waals surface area contributed by atoms with Gasteiger partial charge in [-0.15, -0.1) is 24.0 Å². The van der Waals surface area contributed by atoms with Gasteiger partial charge in [0.1, 0.15) is 0 Å². The van der Waals surface area contributed by atoms with E-state index in [9.17, 15) is 0 Å². The van der Waals surface area contributed by atoms with E-state index >= 15 is 0 Å². The summed E-state index contributed by atoms with van der Waals surface area (Å²) in [5, 5.41) is 6.95. The Bertz CT molecular complexity index is 870. The normalized spacial score (nSPS) is 15.3. The van der Waals surface area contributed by atoms with E-state index in [1.54, 1.807) is 21.3 Å². The molecule has 182 valence electrons. The van der Waals surface area contributed by atoms with Crippen LogP contribution in [0.3, 0.4) is 0 Å². The minimum absolute atomic E-state index is 0. The monoisotopic (exact) mass is 568 g/mol. The smallest absolute Gasteiger partial charge is 0.191 e. The number of rotatable bonds is 9. The molecule has 1 fully saturated rings. The van der Waals surface area contributed by atoms with Gasteiger partial charge in [0.25, 0.3) is 0 Å². The number of hydrogen-bond donors (Lipinski definition) is 2. The van der Waals surface area contributed by atoms with Crippen molar-refractivity contribution in [3.8, 4) is 11.5 Å². The molecule has 2 aromatic rings. The number of ether oxygens (including phenoxy) is 3. The van der Waals surface area contributed by atoms with Gasteiger partial charge >= 0.3 is 0 Å². The zero-order valence-corrected chi connectivity index (χ0v) is 22.4. The van der Waals surface area contributed by atoms with Crippen molar-refractivity contribution in [2.75, 3.05) is 60.7 Å². The number of aryl methyl sites for hydroxylation is 1. The van der Waals surface area contributed by atoms with Crippen molar-refractivity contribution < 1.29 is 14.2 Å². The number of guanidine groups is 1. The van der Waals surface area contributed by atoms with E-state index in [1.807, 2.05) is 6.07 Å². The van der Waals surface area contributed by atoms with Gasteiger partial charge < -0.3 is 24.8 Å². The zero-order chi connectivity index (χ0) is 22.8. The van der Waals surface area contributed by atoms with Crippen molar-refractivity contribution in [3.63, 3.8) is 0 Å². The molecule has 1 heterocycles. The first-order chi connectivity index (χ1) is 15.6. The number of nitrogens with zero attached hydrogens (tertiary/aromatic N) is 2. The van der Waals surface area contributed by atoms with Crippen LogP contribution in [0.4, 0.5) is 0 Å². The molecule has 2 N–H and O–H groups in total. The number of hydrogen-bond acceptors (Lipinski definition) is 5. The average molecular weight is 569 g/mol. The lowest BCUT2D eigenvalue weighted by Crippen LogP contribution is -2.46. The van der Waals surface area contributed by atoms with Gasteiger partial charge in [0.05, 0.1) is 33.5 Å². The van der Waals surface area contributed by atoms with Crippen molar-refractivity contribution >= 4 is 29.9 Å². The Kier molecular flexibility index (Phi) is 11.8. The SMILES string of the molecule is CN=C(NCCc1ccc(C)cc1)NCC(c1ccc(OC)c(OC)c1)N1CCOCC1.I. The molecule has 0 radical (unpaired) electrons. The molecule has 1 aliphatic heterocycles. The maximum atomic E-state index is 5.57. The third kappa shape index (κ3) is 8.04. The van der Waals surface area contributed by atoms with Crippen LogP contribution < -0.4 is 20.1 Å². The van der Waals surface area contributed by atoms with Crippen LogP contribution in [0.2, 0.25) is 0 Å². The van der Waals surface area contributed by atoms with E-state index in [0.29, 0.717) is 0 Å². The first kappa shape index (κ1) is 27.2. The molecule has 0 amide bonds. The topological polar surface area (TPSA) is 67.4 Å². The zero-order valence-electron chi connectivity index (χ0n) is 20.1. The summed E-state index contributed by atoms with van der Waals surface area (Å²) in [6.45, 7) is 6.92. The molecule has 0 spiro atoms. The van der Waals surface area contributed by atoms with Crippen LogP contribution in [0.25, 0.3) is 0 Å². The van der Waals surface area contributed by atoms with E-state index in [-0.39, 0.29) is 30.0 Å². The third-order valence-corrected chi connectivity index (χ3v) is 5.79. The molecule has 0 aliphatic carbocycles. The first-order valence-electron chi connectivity index (χ1n) is 11.2. The molecule has 1 saturated heterocycles. The number of aliphatic imine (C=N–C) groups is 1.